The molecule has 1 aromatic rings. The van der Waals surface area contributed by atoms with Gasteiger partial charge in [0.15, 0.2) is 5.96 Å². The Balaban J connectivity index is 0.00000289. The van der Waals surface area contributed by atoms with Crippen molar-refractivity contribution in [2.45, 2.75) is 6.61 Å². The molecule has 0 saturated heterocycles. The van der Waals surface area contributed by atoms with Crippen molar-refractivity contribution < 1.29 is 9.47 Å². The average Bonchev–Trinajstić information content (AvgIpc) is 2.32. The van der Waals surface area contributed by atoms with Crippen LogP contribution >= 0.6 is 24.0 Å². The molecule has 0 spiro atoms. The summed E-state index contributed by atoms with van der Waals surface area (Å²) in [7, 11) is 3.29. The van der Waals surface area contributed by atoms with Crippen LogP contribution < -0.4 is 11.1 Å². The van der Waals surface area contributed by atoms with Crippen LogP contribution in [0.2, 0.25) is 0 Å². The van der Waals surface area contributed by atoms with E-state index in [9.17, 15) is 0 Å². The molecule has 6 heteroatoms. The van der Waals surface area contributed by atoms with Gasteiger partial charge in [0.25, 0.3) is 0 Å². The number of guanidine groups is 1. The number of hydrogen-bond acceptors (Lipinski definition) is 3. The fraction of sp³-hybridized carbons (Fsp3) is 0.417. The van der Waals surface area contributed by atoms with Crippen LogP contribution in [0.5, 0.6) is 0 Å². The van der Waals surface area contributed by atoms with Crippen molar-refractivity contribution in [1.29, 1.82) is 0 Å². The molecule has 102 valence electrons. The Kier molecular flexibility index (Phi) is 9.62. The molecule has 0 aliphatic carbocycles. The lowest BCUT2D eigenvalue weighted by Gasteiger charge is -2.10. The molecule has 0 fully saturated rings. The highest BCUT2D eigenvalue weighted by atomic mass is 127. The SMILES string of the molecule is COCCN=C(N)Nc1ccccc1COC.I. The zero-order chi connectivity index (χ0) is 12.5. The van der Waals surface area contributed by atoms with Crippen molar-refractivity contribution in [3.63, 3.8) is 0 Å². The van der Waals surface area contributed by atoms with Crippen molar-refractivity contribution in [2.75, 3.05) is 32.7 Å². The molecule has 0 aromatic heterocycles. The lowest BCUT2D eigenvalue weighted by atomic mass is 10.2. The number of nitrogens with one attached hydrogen (secondary N) is 1. The summed E-state index contributed by atoms with van der Waals surface area (Å²) in [6.07, 6.45) is 0. The molecule has 1 rings (SSSR count). The number of hydrogen-bond donors (Lipinski definition) is 2. The number of aliphatic imine (C=N–C) groups is 1. The molecule has 0 aliphatic rings. The van der Waals surface area contributed by atoms with E-state index in [0.717, 1.165) is 11.3 Å². The van der Waals surface area contributed by atoms with Crippen LogP contribution in [-0.2, 0) is 16.1 Å². The lowest BCUT2D eigenvalue weighted by molar-refractivity contribution is 0.185. The van der Waals surface area contributed by atoms with Crippen molar-refractivity contribution >= 4 is 35.6 Å². The van der Waals surface area contributed by atoms with E-state index in [1.807, 2.05) is 24.3 Å². The summed E-state index contributed by atoms with van der Waals surface area (Å²) in [6, 6.07) is 7.81. The summed E-state index contributed by atoms with van der Waals surface area (Å²) in [5.41, 5.74) is 7.71. The largest absolute Gasteiger partial charge is 0.383 e. The quantitative estimate of drug-likeness (QED) is 0.349. The Morgan fingerprint density at radius 2 is 2.00 bits per heavy atom. The number of methoxy groups -OCH3 is 2. The molecule has 0 unspecified atom stereocenters. The monoisotopic (exact) mass is 365 g/mol. The second-order valence-corrected chi connectivity index (χ2v) is 3.47. The van der Waals surface area contributed by atoms with Crippen LogP contribution in [0, 0.1) is 0 Å². The number of anilines is 1. The summed E-state index contributed by atoms with van der Waals surface area (Å²) < 4.78 is 10.0. The predicted molar refractivity (Wildman–Crippen MR) is 84.6 cm³/mol. The van der Waals surface area contributed by atoms with Crippen molar-refractivity contribution in [3.8, 4) is 0 Å². The average molecular weight is 365 g/mol. The smallest absolute Gasteiger partial charge is 0.193 e. The van der Waals surface area contributed by atoms with Gasteiger partial charge in [0.2, 0.25) is 0 Å². The summed E-state index contributed by atoms with van der Waals surface area (Å²) in [4.78, 5) is 4.13. The minimum atomic E-state index is 0. The van der Waals surface area contributed by atoms with Gasteiger partial charge < -0.3 is 20.5 Å². The third-order valence-electron chi connectivity index (χ3n) is 2.16. The highest BCUT2D eigenvalue weighted by Gasteiger charge is 2.01. The molecular weight excluding hydrogens is 345 g/mol. The number of nitrogens with two attached hydrogens (primary N) is 1. The summed E-state index contributed by atoms with van der Waals surface area (Å²) in [5.74, 6) is 0.380. The Bertz CT molecular complexity index is 372. The number of para-hydroxylation sites is 1. The van der Waals surface area contributed by atoms with Crippen molar-refractivity contribution in [2.24, 2.45) is 10.7 Å². The van der Waals surface area contributed by atoms with Crippen LogP contribution in [0.15, 0.2) is 29.3 Å². The van der Waals surface area contributed by atoms with Crippen LogP contribution in [0.4, 0.5) is 5.69 Å². The maximum atomic E-state index is 5.75. The number of benzene rings is 1. The van der Waals surface area contributed by atoms with Crippen molar-refractivity contribution in [1.82, 2.24) is 0 Å². The molecular formula is C12H20IN3O2. The van der Waals surface area contributed by atoms with E-state index >= 15 is 0 Å². The van der Waals surface area contributed by atoms with Gasteiger partial charge in [-0.25, -0.2) is 0 Å². The highest BCUT2D eigenvalue weighted by Crippen LogP contribution is 2.15. The van der Waals surface area contributed by atoms with Gasteiger partial charge in [-0.05, 0) is 6.07 Å². The Morgan fingerprint density at radius 3 is 2.67 bits per heavy atom. The summed E-state index contributed by atoms with van der Waals surface area (Å²) in [5, 5.41) is 3.05. The molecule has 3 N–H and O–H groups in total. The normalized spacial score (nSPS) is 10.9. The maximum Gasteiger partial charge on any atom is 0.193 e. The van der Waals surface area contributed by atoms with E-state index in [2.05, 4.69) is 10.3 Å². The zero-order valence-electron chi connectivity index (χ0n) is 10.7. The van der Waals surface area contributed by atoms with Gasteiger partial charge in [-0.1, -0.05) is 18.2 Å². The highest BCUT2D eigenvalue weighted by molar-refractivity contribution is 14.0. The molecule has 0 atom stereocenters. The lowest BCUT2D eigenvalue weighted by Crippen LogP contribution is -2.24. The summed E-state index contributed by atoms with van der Waals surface area (Å²) in [6.45, 7) is 1.64. The number of rotatable bonds is 6. The third-order valence-corrected chi connectivity index (χ3v) is 2.16. The van der Waals surface area contributed by atoms with E-state index in [0.29, 0.717) is 25.7 Å². The first-order valence-electron chi connectivity index (χ1n) is 5.40. The van der Waals surface area contributed by atoms with Gasteiger partial charge in [0, 0.05) is 25.5 Å². The van der Waals surface area contributed by atoms with Crippen LogP contribution in [0.25, 0.3) is 0 Å². The third kappa shape index (κ3) is 6.18. The minimum Gasteiger partial charge on any atom is -0.383 e. The van der Waals surface area contributed by atoms with Gasteiger partial charge in [-0.2, -0.15) is 0 Å². The van der Waals surface area contributed by atoms with Gasteiger partial charge >= 0.3 is 0 Å². The molecule has 1 aromatic carbocycles. The van der Waals surface area contributed by atoms with E-state index in [1.54, 1.807) is 14.2 Å². The van der Waals surface area contributed by atoms with E-state index < -0.39 is 0 Å². The Morgan fingerprint density at radius 1 is 1.28 bits per heavy atom. The molecule has 5 nitrogen and oxygen atoms in total. The second kappa shape index (κ2) is 10.1. The first kappa shape index (κ1) is 17.1. The minimum absolute atomic E-state index is 0. The van der Waals surface area contributed by atoms with Gasteiger partial charge in [-0.3, -0.25) is 4.99 Å². The summed E-state index contributed by atoms with van der Waals surface area (Å²) >= 11 is 0. The van der Waals surface area contributed by atoms with Gasteiger partial charge in [0.1, 0.15) is 0 Å². The maximum absolute atomic E-state index is 5.75. The number of ether oxygens (including phenoxy) is 2. The second-order valence-electron chi connectivity index (χ2n) is 3.47. The first-order chi connectivity index (χ1) is 8.27. The van der Waals surface area contributed by atoms with Crippen LogP contribution in [0.3, 0.4) is 0 Å². The number of nitrogens with zero attached hydrogens (tertiary/aromatic N) is 1. The standard InChI is InChI=1S/C12H19N3O2.HI/c1-16-8-7-14-12(13)15-11-6-4-3-5-10(11)9-17-2;/h3-6H,7-9H2,1-2H3,(H3,13,14,15);1H. The Labute approximate surface area is 125 Å². The van der Waals surface area contributed by atoms with E-state index in [1.165, 1.54) is 0 Å². The van der Waals surface area contributed by atoms with Gasteiger partial charge in [-0.15, -0.1) is 24.0 Å². The fourth-order valence-electron chi connectivity index (χ4n) is 1.36. The molecule has 0 aliphatic heterocycles. The Hall–Kier alpha value is -0.860. The molecule has 0 saturated carbocycles. The van der Waals surface area contributed by atoms with Crippen molar-refractivity contribution in [3.05, 3.63) is 29.8 Å². The van der Waals surface area contributed by atoms with E-state index in [4.69, 9.17) is 15.2 Å². The number of halogens is 1. The zero-order valence-corrected chi connectivity index (χ0v) is 13.0. The predicted octanol–water partition coefficient (Wildman–Crippen LogP) is 1.82. The molecule has 0 heterocycles. The van der Waals surface area contributed by atoms with Gasteiger partial charge in [0.05, 0.1) is 19.8 Å². The van der Waals surface area contributed by atoms with Crippen LogP contribution in [0.1, 0.15) is 5.56 Å². The fourth-order valence-corrected chi connectivity index (χ4v) is 1.36. The molecule has 0 amide bonds. The van der Waals surface area contributed by atoms with E-state index in [-0.39, 0.29) is 24.0 Å². The first-order valence-corrected chi connectivity index (χ1v) is 5.40. The molecule has 0 radical (unpaired) electrons. The topological polar surface area (TPSA) is 68.9 Å². The van der Waals surface area contributed by atoms with Crippen LogP contribution in [-0.4, -0.2) is 33.3 Å². The molecule has 0 bridgehead atoms. The molecule has 18 heavy (non-hydrogen) atoms.